The van der Waals surface area contributed by atoms with Crippen LogP contribution < -0.4 is 0 Å². The molecule has 0 saturated heterocycles. The van der Waals surface area contributed by atoms with Crippen molar-refractivity contribution in [2.45, 2.75) is 17.4 Å². The van der Waals surface area contributed by atoms with Gasteiger partial charge in [-0.3, -0.25) is 4.79 Å². The van der Waals surface area contributed by atoms with Crippen molar-refractivity contribution in [2.24, 2.45) is 0 Å². The zero-order valence-electron chi connectivity index (χ0n) is 10.8. The highest BCUT2D eigenvalue weighted by Gasteiger charge is 2.23. The number of aromatic nitrogens is 2. The number of hydrogen-bond donors (Lipinski definition) is 1. The molecule has 6 heteroatoms. The van der Waals surface area contributed by atoms with E-state index in [9.17, 15) is 9.90 Å². The van der Waals surface area contributed by atoms with Crippen molar-refractivity contribution >= 4 is 33.7 Å². The maximum absolute atomic E-state index is 11.5. The summed E-state index contributed by atoms with van der Waals surface area (Å²) < 4.78 is 0.908. The average molecular weight is 353 g/mol. The highest BCUT2D eigenvalue weighted by molar-refractivity contribution is 9.10. The maximum Gasteiger partial charge on any atom is 0.312 e. The molecule has 104 valence electrons. The lowest BCUT2D eigenvalue weighted by Crippen LogP contribution is -2.16. The van der Waals surface area contributed by atoms with E-state index in [1.807, 2.05) is 30.5 Å². The van der Waals surface area contributed by atoms with Gasteiger partial charge in [0, 0.05) is 4.47 Å². The second kappa shape index (κ2) is 6.85. The van der Waals surface area contributed by atoms with Crippen molar-refractivity contribution < 1.29 is 9.90 Å². The molecule has 0 amide bonds. The Bertz CT molecular complexity index is 622. The molecule has 0 aliphatic rings. The highest BCUT2D eigenvalue weighted by Crippen LogP contribution is 2.26. The van der Waals surface area contributed by atoms with E-state index >= 15 is 0 Å². The molecule has 4 nitrogen and oxygen atoms in total. The van der Waals surface area contributed by atoms with Gasteiger partial charge in [-0.15, -0.1) is 11.8 Å². The van der Waals surface area contributed by atoms with Gasteiger partial charge < -0.3 is 5.11 Å². The lowest BCUT2D eigenvalue weighted by atomic mass is 9.96. The smallest absolute Gasteiger partial charge is 0.312 e. The number of carboxylic acid groups (broad SMARTS) is 1. The fourth-order valence-corrected chi connectivity index (χ4v) is 2.70. The van der Waals surface area contributed by atoms with Crippen molar-refractivity contribution in [1.82, 2.24) is 9.97 Å². The number of carboxylic acids is 1. The molecular weight excluding hydrogens is 340 g/mol. The van der Waals surface area contributed by atoms with E-state index in [0.29, 0.717) is 12.1 Å². The van der Waals surface area contributed by atoms with E-state index in [1.165, 1.54) is 18.1 Å². The van der Waals surface area contributed by atoms with Crippen LogP contribution in [0.3, 0.4) is 0 Å². The lowest BCUT2D eigenvalue weighted by Gasteiger charge is -2.13. The van der Waals surface area contributed by atoms with Gasteiger partial charge >= 0.3 is 5.97 Å². The molecule has 0 aliphatic heterocycles. The van der Waals surface area contributed by atoms with Crippen molar-refractivity contribution in [3.8, 4) is 0 Å². The van der Waals surface area contributed by atoms with Crippen LogP contribution in [-0.4, -0.2) is 27.3 Å². The normalized spacial score (nSPS) is 12.1. The molecule has 0 bridgehead atoms. The van der Waals surface area contributed by atoms with Crippen LogP contribution >= 0.6 is 27.7 Å². The average Bonchev–Trinajstić information content (AvgIpc) is 2.46. The Kier molecular flexibility index (Phi) is 5.14. The summed E-state index contributed by atoms with van der Waals surface area (Å²) in [4.78, 5) is 19.7. The molecule has 1 N–H and O–H groups in total. The van der Waals surface area contributed by atoms with Gasteiger partial charge in [0.1, 0.15) is 12.2 Å². The molecule has 0 fully saturated rings. The number of thioether (sulfide) groups is 1. The molecule has 2 rings (SSSR count). The summed E-state index contributed by atoms with van der Waals surface area (Å²) in [6, 6.07) is 9.35. The second-order valence-electron chi connectivity index (χ2n) is 4.17. The second-order valence-corrected chi connectivity index (χ2v) is 5.85. The zero-order valence-corrected chi connectivity index (χ0v) is 13.2. The Hall–Kier alpha value is -1.40. The molecule has 0 radical (unpaired) electrons. The minimum Gasteiger partial charge on any atom is -0.481 e. The summed E-state index contributed by atoms with van der Waals surface area (Å²) >= 11 is 4.91. The van der Waals surface area contributed by atoms with Gasteiger partial charge in [-0.2, -0.15) is 0 Å². The fraction of sp³-hybridized carbons (Fsp3) is 0.214. The van der Waals surface area contributed by atoms with Gasteiger partial charge in [0.05, 0.1) is 10.7 Å². The van der Waals surface area contributed by atoms with E-state index in [1.54, 1.807) is 6.07 Å². The number of hydrogen-bond acceptors (Lipinski definition) is 4. The Morgan fingerprint density at radius 1 is 1.40 bits per heavy atom. The number of halogens is 1. The van der Waals surface area contributed by atoms with Crippen LogP contribution in [0.5, 0.6) is 0 Å². The topological polar surface area (TPSA) is 63.1 Å². The molecule has 1 unspecified atom stereocenters. The first-order valence-corrected chi connectivity index (χ1v) is 7.95. The third kappa shape index (κ3) is 3.58. The molecule has 1 aromatic carbocycles. The first-order valence-electron chi connectivity index (χ1n) is 5.94. The van der Waals surface area contributed by atoms with Gasteiger partial charge in [-0.1, -0.05) is 34.1 Å². The summed E-state index contributed by atoms with van der Waals surface area (Å²) in [5.41, 5.74) is 1.48. The van der Waals surface area contributed by atoms with E-state index in [-0.39, 0.29) is 0 Å². The van der Waals surface area contributed by atoms with Crippen molar-refractivity contribution in [3.05, 3.63) is 52.4 Å². The van der Waals surface area contributed by atoms with Crippen molar-refractivity contribution in [1.29, 1.82) is 0 Å². The maximum atomic E-state index is 11.5. The van der Waals surface area contributed by atoms with E-state index in [0.717, 1.165) is 15.1 Å². The van der Waals surface area contributed by atoms with Gasteiger partial charge in [-0.05, 0) is 30.4 Å². The summed E-state index contributed by atoms with van der Waals surface area (Å²) in [7, 11) is 0. The third-order valence-electron chi connectivity index (χ3n) is 2.91. The van der Waals surface area contributed by atoms with Crippen LogP contribution in [0, 0.1) is 0 Å². The molecule has 20 heavy (non-hydrogen) atoms. The molecule has 0 aliphatic carbocycles. The predicted octanol–water partition coefficient (Wildman–Crippen LogP) is 3.37. The molecular formula is C14H13BrN2O2S. The summed E-state index contributed by atoms with van der Waals surface area (Å²) in [5, 5.41) is 10.2. The van der Waals surface area contributed by atoms with Crippen molar-refractivity contribution in [2.75, 3.05) is 6.26 Å². The van der Waals surface area contributed by atoms with Crippen molar-refractivity contribution in [3.63, 3.8) is 0 Å². The Morgan fingerprint density at radius 3 is 2.80 bits per heavy atom. The summed E-state index contributed by atoms with van der Waals surface area (Å²) in [5.74, 6) is -1.56. The molecule has 2 aromatic rings. The number of nitrogens with zero attached hydrogens (tertiary/aromatic N) is 2. The van der Waals surface area contributed by atoms with Gasteiger partial charge in [0.2, 0.25) is 0 Å². The van der Waals surface area contributed by atoms with Crippen LogP contribution in [-0.2, 0) is 11.2 Å². The van der Waals surface area contributed by atoms with Gasteiger partial charge in [0.25, 0.3) is 0 Å². The predicted molar refractivity (Wildman–Crippen MR) is 82.0 cm³/mol. The van der Waals surface area contributed by atoms with Gasteiger partial charge in [0.15, 0.2) is 0 Å². The van der Waals surface area contributed by atoms with Crippen LogP contribution in [0.25, 0.3) is 0 Å². The third-order valence-corrected chi connectivity index (χ3v) is 4.32. The molecule has 1 atom stereocenters. The SMILES string of the molecule is CSc1cc(C(Cc2ccccc2Br)C(=O)O)ncn1. The highest BCUT2D eigenvalue weighted by atomic mass is 79.9. The zero-order chi connectivity index (χ0) is 14.5. The Balaban J connectivity index is 2.32. The lowest BCUT2D eigenvalue weighted by molar-refractivity contribution is -0.138. The Morgan fingerprint density at radius 2 is 2.15 bits per heavy atom. The monoisotopic (exact) mass is 352 g/mol. The van der Waals surface area contributed by atoms with E-state index in [2.05, 4.69) is 25.9 Å². The first kappa shape index (κ1) is 15.0. The quantitative estimate of drug-likeness (QED) is 0.660. The summed E-state index contributed by atoms with van der Waals surface area (Å²) in [6.07, 6.45) is 3.70. The summed E-state index contributed by atoms with van der Waals surface area (Å²) in [6.45, 7) is 0. The molecule has 0 spiro atoms. The van der Waals surface area contributed by atoms with Crippen LogP contribution in [0.4, 0.5) is 0 Å². The molecule has 0 saturated carbocycles. The van der Waals surface area contributed by atoms with Crippen LogP contribution in [0.2, 0.25) is 0 Å². The minimum atomic E-state index is -0.883. The number of benzene rings is 1. The first-order chi connectivity index (χ1) is 9.61. The number of rotatable bonds is 5. The fourth-order valence-electron chi connectivity index (χ4n) is 1.86. The van der Waals surface area contributed by atoms with Crippen LogP contribution in [0.1, 0.15) is 17.2 Å². The van der Waals surface area contributed by atoms with Crippen LogP contribution in [0.15, 0.2) is 46.2 Å². The Labute approximate surface area is 129 Å². The number of carbonyl (C=O) groups is 1. The standard InChI is InChI=1S/C14H13BrN2O2S/c1-20-13-7-12(16-8-17-13)10(14(18)19)6-9-4-2-3-5-11(9)15/h2-5,7-8,10H,6H2,1H3,(H,18,19). The van der Waals surface area contributed by atoms with E-state index < -0.39 is 11.9 Å². The van der Waals surface area contributed by atoms with Gasteiger partial charge in [-0.25, -0.2) is 9.97 Å². The molecule has 1 heterocycles. The molecule has 1 aromatic heterocycles. The van der Waals surface area contributed by atoms with E-state index in [4.69, 9.17) is 0 Å². The minimum absolute atomic E-state index is 0.390. The largest absolute Gasteiger partial charge is 0.481 e. The number of aliphatic carboxylic acids is 1.